The Labute approximate surface area is 175 Å². The molecule has 3 heterocycles. The molecule has 0 unspecified atom stereocenters. The number of carbonyl (C=O) groups excluding carboxylic acids is 2. The van der Waals surface area contributed by atoms with E-state index >= 15 is 0 Å². The van der Waals surface area contributed by atoms with Gasteiger partial charge in [0.05, 0.1) is 15.6 Å². The third kappa shape index (κ3) is 4.08. The molecule has 4 rings (SSSR count). The predicted octanol–water partition coefficient (Wildman–Crippen LogP) is 4.42. The van der Waals surface area contributed by atoms with Crippen molar-refractivity contribution in [2.24, 2.45) is 5.10 Å². The lowest BCUT2D eigenvalue weighted by atomic mass is 9.93. The standard InChI is InChI=1S/C20H17ClN4O3S/c1-11-17-13(24-25-19(26)15-6-3-9-29-15)4-2-5-14(17)28-18(11)20(27)23-16-8-7-12(21)10-22-16/h3,6-10H,2,4-5H2,1H3,(H,25,26)(H,22,23,27)/b24-13+. The highest BCUT2D eigenvalue weighted by Crippen LogP contribution is 2.30. The van der Waals surface area contributed by atoms with E-state index in [0.29, 0.717) is 45.6 Å². The van der Waals surface area contributed by atoms with Crippen LogP contribution in [-0.4, -0.2) is 22.5 Å². The van der Waals surface area contributed by atoms with Crippen molar-refractivity contribution in [3.05, 3.63) is 68.4 Å². The molecule has 3 aromatic heterocycles. The minimum atomic E-state index is -0.395. The Morgan fingerprint density at radius 3 is 2.83 bits per heavy atom. The van der Waals surface area contributed by atoms with Gasteiger partial charge in [0, 0.05) is 23.7 Å². The maximum absolute atomic E-state index is 12.7. The highest BCUT2D eigenvalue weighted by atomic mass is 35.5. The van der Waals surface area contributed by atoms with Gasteiger partial charge in [-0.1, -0.05) is 17.7 Å². The molecule has 0 saturated carbocycles. The normalized spacial score (nSPS) is 14.5. The number of amides is 2. The Kier molecular flexibility index (Phi) is 5.46. The number of nitrogens with one attached hydrogen (secondary N) is 2. The highest BCUT2D eigenvalue weighted by molar-refractivity contribution is 7.12. The maximum atomic E-state index is 12.7. The number of furan rings is 1. The molecule has 0 radical (unpaired) electrons. The minimum absolute atomic E-state index is 0.214. The van der Waals surface area contributed by atoms with Crippen molar-refractivity contribution in [3.63, 3.8) is 0 Å². The molecule has 148 valence electrons. The van der Waals surface area contributed by atoms with Crippen molar-refractivity contribution >= 4 is 46.3 Å². The third-order valence-corrected chi connectivity index (χ3v) is 5.63. The Morgan fingerprint density at radius 1 is 1.24 bits per heavy atom. The molecule has 0 aliphatic heterocycles. The number of aromatic nitrogens is 1. The van der Waals surface area contributed by atoms with Crippen LogP contribution in [0.2, 0.25) is 5.02 Å². The SMILES string of the molecule is Cc1c(C(=O)Nc2ccc(Cl)cn2)oc2c1/C(=N/NC(=O)c1cccs1)CCC2. The van der Waals surface area contributed by atoms with Gasteiger partial charge in [0.1, 0.15) is 11.6 Å². The first-order chi connectivity index (χ1) is 14.0. The highest BCUT2D eigenvalue weighted by Gasteiger charge is 2.28. The maximum Gasteiger partial charge on any atom is 0.292 e. The van der Waals surface area contributed by atoms with Crippen LogP contribution in [0.4, 0.5) is 5.82 Å². The molecular weight excluding hydrogens is 412 g/mol. The van der Waals surface area contributed by atoms with Gasteiger partial charge in [-0.3, -0.25) is 9.59 Å². The van der Waals surface area contributed by atoms with Gasteiger partial charge in [-0.15, -0.1) is 11.3 Å². The number of pyridine rings is 1. The van der Waals surface area contributed by atoms with E-state index in [4.69, 9.17) is 16.0 Å². The van der Waals surface area contributed by atoms with Crippen LogP contribution in [0.3, 0.4) is 0 Å². The fourth-order valence-corrected chi connectivity index (χ4v) is 3.93. The first-order valence-corrected chi connectivity index (χ1v) is 10.2. The summed E-state index contributed by atoms with van der Waals surface area (Å²) in [4.78, 5) is 29.5. The van der Waals surface area contributed by atoms with Gasteiger partial charge in [0.25, 0.3) is 11.8 Å². The van der Waals surface area contributed by atoms with Crippen LogP contribution >= 0.6 is 22.9 Å². The van der Waals surface area contributed by atoms with E-state index in [9.17, 15) is 9.59 Å². The molecule has 3 aromatic rings. The zero-order valence-corrected chi connectivity index (χ0v) is 17.1. The number of halogens is 1. The van der Waals surface area contributed by atoms with E-state index in [1.165, 1.54) is 17.5 Å². The van der Waals surface area contributed by atoms with Crippen molar-refractivity contribution in [3.8, 4) is 0 Å². The minimum Gasteiger partial charge on any atom is -0.455 e. The van der Waals surface area contributed by atoms with E-state index in [1.54, 1.807) is 18.2 Å². The van der Waals surface area contributed by atoms with Crippen LogP contribution in [0.1, 0.15) is 50.0 Å². The Balaban J connectivity index is 1.57. The molecule has 0 bridgehead atoms. The number of hydrogen-bond donors (Lipinski definition) is 2. The molecule has 1 aliphatic carbocycles. The third-order valence-electron chi connectivity index (χ3n) is 4.54. The largest absolute Gasteiger partial charge is 0.455 e. The Hall–Kier alpha value is -2.97. The molecular formula is C20H17ClN4O3S. The second kappa shape index (κ2) is 8.18. The molecule has 0 aromatic carbocycles. The molecule has 0 atom stereocenters. The number of thiophene rings is 1. The summed E-state index contributed by atoms with van der Waals surface area (Å²) in [5.41, 5.74) is 4.79. The van der Waals surface area contributed by atoms with E-state index < -0.39 is 5.91 Å². The van der Waals surface area contributed by atoms with Crippen LogP contribution in [0.25, 0.3) is 0 Å². The summed E-state index contributed by atoms with van der Waals surface area (Å²) in [6, 6.07) is 6.81. The van der Waals surface area contributed by atoms with Crippen LogP contribution in [-0.2, 0) is 6.42 Å². The van der Waals surface area contributed by atoms with Gasteiger partial charge in [-0.2, -0.15) is 5.10 Å². The van der Waals surface area contributed by atoms with Crippen LogP contribution < -0.4 is 10.7 Å². The molecule has 1 aliphatic rings. The number of carbonyl (C=O) groups is 2. The van der Waals surface area contributed by atoms with Crippen molar-refractivity contribution in [1.29, 1.82) is 0 Å². The average Bonchev–Trinajstić information content (AvgIpc) is 3.37. The topological polar surface area (TPSA) is 96.6 Å². The number of aryl methyl sites for hydroxylation is 1. The first kappa shape index (κ1) is 19.4. The summed E-state index contributed by atoms with van der Waals surface area (Å²) in [5.74, 6) is 0.643. The lowest BCUT2D eigenvalue weighted by Crippen LogP contribution is -2.21. The summed E-state index contributed by atoms with van der Waals surface area (Å²) in [6.07, 6.45) is 3.68. The molecule has 0 saturated heterocycles. The summed E-state index contributed by atoms with van der Waals surface area (Å²) >= 11 is 7.17. The molecule has 7 nitrogen and oxygen atoms in total. The fraction of sp³-hybridized carbons (Fsp3) is 0.200. The number of nitrogens with zero attached hydrogens (tertiary/aromatic N) is 2. The Bertz CT molecular complexity index is 1090. The second-order valence-electron chi connectivity index (χ2n) is 6.50. The zero-order valence-electron chi connectivity index (χ0n) is 15.5. The molecule has 2 amide bonds. The van der Waals surface area contributed by atoms with E-state index in [2.05, 4.69) is 20.8 Å². The van der Waals surface area contributed by atoms with E-state index in [-0.39, 0.29) is 11.7 Å². The number of fused-ring (bicyclic) bond motifs is 1. The molecule has 2 N–H and O–H groups in total. The lowest BCUT2D eigenvalue weighted by Gasteiger charge is -2.13. The van der Waals surface area contributed by atoms with Gasteiger partial charge in [0.2, 0.25) is 0 Å². The van der Waals surface area contributed by atoms with E-state index in [1.807, 2.05) is 18.4 Å². The molecule has 9 heteroatoms. The second-order valence-corrected chi connectivity index (χ2v) is 7.88. The first-order valence-electron chi connectivity index (χ1n) is 8.99. The molecule has 29 heavy (non-hydrogen) atoms. The predicted molar refractivity (Wildman–Crippen MR) is 112 cm³/mol. The smallest absolute Gasteiger partial charge is 0.292 e. The van der Waals surface area contributed by atoms with Crippen molar-refractivity contribution < 1.29 is 14.0 Å². The summed E-state index contributed by atoms with van der Waals surface area (Å²) in [7, 11) is 0. The van der Waals surface area contributed by atoms with E-state index in [0.717, 1.165) is 12.0 Å². The zero-order chi connectivity index (χ0) is 20.4. The van der Waals surface area contributed by atoms with Crippen LogP contribution in [0, 0.1) is 6.92 Å². The monoisotopic (exact) mass is 428 g/mol. The van der Waals surface area contributed by atoms with Gasteiger partial charge < -0.3 is 9.73 Å². The quantitative estimate of drug-likeness (QED) is 0.601. The Morgan fingerprint density at radius 2 is 2.10 bits per heavy atom. The fourth-order valence-electron chi connectivity index (χ4n) is 3.20. The van der Waals surface area contributed by atoms with Gasteiger partial charge >= 0.3 is 0 Å². The van der Waals surface area contributed by atoms with Crippen molar-refractivity contribution in [2.75, 3.05) is 5.32 Å². The van der Waals surface area contributed by atoms with Crippen LogP contribution in [0.15, 0.2) is 45.4 Å². The van der Waals surface area contributed by atoms with Gasteiger partial charge in [-0.05, 0) is 43.3 Å². The summed E-state index contributed by atoms with van der Waals surface area (Å²) < 4.78 is 5.85. The van der Waals surface area contributed by atoms with Crippen molar-refractivity contribution in [1.82, 2.24) is 10.4 Å². The van der Waals surface area contributed by atoms with Crippen LogP contribution in [0.5, 0.6) is 0 Å². The van der Waals surface area contributed by atoms with Crippen molar-refractivity contribution in [2.45, 2.75) is 26.2 Å². The number of rotatable bonds is 4. The number of hydrogen-bond acceptors (Lipinski definition) is 6. The summed E-state index contributed by atoms with van der Waals surface area (Å²) in [6.45, 7) is 1.81. The van der Waals surface area contributed by atoms with Gasteiger partial charge in [-0.25, -0.2) is 10.4 Å². The molecule has 0 fully saturated rings. The average molecular weight is 429 g/mol. The molecule has 0 spiro atoms. The summed E-state index contributed by atoms with van der Waals surface area (Å²) in [5, 5.41) is 9.34. The van der Waals surface area contributed by atoms with Gasteiger partial charge in [0.15, 0.2) is 5.76 Å². The number of anilines is 1. The number of hydrazone groups is 1. The lowest BCUT2D eigenvalue weighted by molar-refractivity contribution is 0.0957.